The van der Waals surface area contributed by atoms with E-state index in [1.54, 1.807) is 6.92 Å². The van der Waals surface area contributed by atoms with Crippen LogP contribution >= 0.6 is 0 Å². The molecule has 0 N–H and O–H groups in total. The van der Waals surface area contributed by atoms with Gasteiger partial charge in [-0.05, 0) is 13.3 Å². The second-order valence-corrected chi connectivity index (χ2v) is 2.92. The molecule has 0 rings (SSSR count). The summed E-state index contributed by atoms with van der Waals surface area (Å²) in [5, 5.41) is 0. The molecule has 0 aliphatic heterocycles. The first-order valence-corrected chi connectivity index (χ1v) is 4.49. The van der Waals surface area contributed by atoms with Crippen molar-refractivity contribution in [2.24, 2.45) is 0 Å². The topological polar surface area (TPSA) is 52.6 Å². The van der Waals surface area contributed by atoms with Crippen LogP contribution in [0, 0.1) is 0 Å². The van der Waals surface area contributed by atoms with Gasteiger partial charge in [-0.1, -0.05) is 6.92 Å². The number of hydrogen-bond donors (Lipinski definition) is 0. The minimum absolute atomic E-state index is 0.117. The lowest BCUT2D eigenvalue weighted by atomic mass is 10.5. The highest BCUT2D eigenvalue weighted by Gasteiger charge is 2.08. The molecule has 4 nitrogen and oxygen atoms in total. The lowest BCUT2D eigenvalue weighted by Gasteiger charge is -2.00. The summed E-state index contributed by atoms with van der Waals surface area (Å²) in [4.78, 5) is 0. The fourth-order valence-corrected chi connectivity index (χ4v) is 1.09. The maximum Gasteiger partial charge on any atom is 0.399 e. The van der Waals surface area contributed by atoms with Crippen molar-refractivity contribution in [1.29, 1.82) is 0 Å². The van der Waals surface area contributed by atoms with Crippen LogP contribution in [0.1, 0.15) is 20.3 Å². The van der Waals surface area contributed by atoms with Crippen molar-refractivity contribution in [3.63, 3.8) is 0 Å². The minimum atomic E-state index is -3.69. The Labute approximate surface area is 61.5 Å². The van der Waals surface area contributed by atoms with Crippen molar-refractivity contribution >= 4 is 10.4 Å². The van der Waals surface area contributed by atoms with E-state index in [0.717, 1.165) is 0 Å². The van der Waals surface area contributed by atoms with E-state index in [2.05, 4.69) is 8.37 Å². The van der Waals surface area contributed by atoms with Crippen LogP contribution in [0.25, 0.3) is 0 Å². The molecule has 0 amide bonds. The summed E-state index contributed by atoms with van der Waals surface area (Å²) < 4.78 is 29.7. The van der Waals surface area contributed by atoms with Gasteiger partial charge in [0.25, 0.3) is 0 Å². The molecule has 0 atom stereocenters. The monoisotopic (exact) mass is 168 g/mol. The van der Waals surface area contributed by atoms with Crippen molar-refractivity contribution in [1.82, 2.24) is 0 Å². The van der Waals surface area contributed by atoms with Crippen molar-refractivity contribution in [3.8, 4) is 0 Å². The van der Waals surface area contributed by atoms with Crippen molar-refractivity contribution in [2.75, 3.05) is 13.2 Å². The van der Waals surface area contributed by atoms with Gasteiger partial charge in [0.2, 0.25) is 0 Å². The predicted molar refractivity (Wildman–Crippen MR) is 36.8 cm³/mol. The van der Waals surface area contributed by atoms with Crippen LogP contribution in [-0.4, -0.2) is 21.6 Å². The molecule has 62 valence electrons. The molecule has 0 spiro atoms. The highest BCUT2D eigenvalue weighted by molar-refractivity contribution is 7.81. The molecule has 0 aromatic rings. The Kier molecular flexibility index (Phi) is 4.59. The first-order valence-electron chi connectivity index (χ1n) is 3.16. The molecule has 0 aromatic carbocycles. The van der Waals surface area contributed by atoms with Crippen LogP contribution < -0.4 is 0 Å². The summed E-state index contributed by atoms with van der Waals surface area (Å²) in [6, 6.07) is 0. The van der Waals surface area contributed by atoms with Gasteiger partial charge in [-0.25, -0.2) is 8.37 Å². The zero-order valence-corrected chi connectivity index (χ0v) is 6.98. The molecule has 0 aliphatic rings. The van der Waals surface area contributed by atoms with Crippen molar-refractivity contribution in [3.05, 3.63) is 0 Å². The summed E-state index contributed by atoms with van der Waals surface area (Å²) in [6.45, 7) is 3.71. The van der Waals surface area contributed by atoms with Crippen LogP contribution in [0.2, 0.25) is 0 Å². The Bertz CT molecular complexity index is 160. The largest absolute Gasteiger partial charge is 0.399 e. The molecule has 5 heteroatoms. The number of rotatable bonds is 5. The van der Waals surface area contributed by atoms with E-state index in [0.29, 0.717) is 6.42 Å². The van der Waals surface area contributed by atoms with Crippen LogP contribution in [0.15, 0.2) is 0 Å². The molecule has 0 saturated carbocycles. The van der Waals surface area contributed by atoms with Gasteiger partial charge >= 0.3 is 10.4 Å². The van der Waals surface area contributed by atoms with E-state index in [1.807, 2.05) is 6.92 Å². The molecule has 0 saturated heterocycles. The average Bonchev–Trinajstić information content (AvgIpc) is 1.84. The SMILES string of the molecule is CCCOS(=O)(=O)OCC. The van der Waals surface area contributed by atoms with Gasteiger partial charge in [0, 0.05) is 0 Å². The molecule has 0 aliphatic carbocycles. The lowest BCUT2D eigenvalue weighted by molar-refractivity contribution is 0.222. The Morgan fingerprint density at radius 1 is 1.20 bits per heavy atom. The molecule has 0 heterocycles. The summed E-state index contributed by atoms with van der Waals surface area (Å²) in [6.07, 6.45) is 0.659. The van der Waals surface area contributed by atoms with Crippen molar-refractivity contribution < 1.29 is 16.8 Å². The summed E-state index contributed by atoms with van der Waals surface area (Å²) in [5.74, 6) is 0. The van der Waals surface area contributed by atoms with Crippen LogP contribution in [0.5, 0.6) is 0 Å². The standard InChI is InChI=1S/C5H12O4S/c1-3-5-9-10(6,7)8-4-2/h3-5H2,1-2H3. The lowest BCUT2D eigenvalue weighted by Crippen LogP contribution is -2.10. The second kappa shape index (κ2) is 4.65. The van der Waals surface area contributed by atoms with Gasteiger partial charge in [-0.15, -0.1) is 0 Å². The van der Waals surface area contributed by atoms with E-state index in [-0.39, 0.29) is 13.2 Å². The summed E-state index contributed by atoms with van der Waals surface area (Å²) in [5.41, 5.74) is 0. The van der Waals surface area contributed by atoms with Gasteiger partial charge in [-0.2, -0.15) is 8.42 Å². The van der Waals surface area contributed by atoms with E-state index < -0.39 is 10.4 Å². The fraction of sp³-hybridized carbons (Fsp3) is 1.00. The normalized spacial score (nSPS) is 11.8. The molecule has 0 radical (unpaired) electrons. The van der Waals surface area contributed by atoms with Gasteiger partial charge in [-0.3, -0.25) is 0 Å². The first kappa shape index (κ1) is 9.87. The fourth-order valence-electron chi connectivity index (χ4n) is 0.364. The molecule has 0 bridgehead atoms. The molecule has 0 aromatic heterocycles. The highest BCUT2D eigenvalue weighted by atomic mass is 32.3. The predicted octanol–water partition coefficient (Wildman–Crippen LogP) is 0.694. The Hall–Kier alpha value is -0.130. The minimum Gasteiger partial charge on any atom is -0.248 e. The third kappa shape index (κ3) is 4.72. The van der Waals surface area contributed by atoms with Gasteiger partial charge in [0.15, 0.2) is 0 Å². The molecular formula is C5H12O4S. The van der Waals surface area contributed by atoms with E-state index in [4.69, 9.17) is 0 Å². The Morgan fingerprint density at radius 3 is 2.20 bits per heavy atom. The van der Waals surface area contributed by atoms with Crippen LogP contribution in [0.3, 0.4) is 0 Å². The van der Waals surface area contributed by atoms with Crippen molar-refractivity contribution in [2.45, 2.75) is 20.3 Å². The zero-order chi connectivity index (χ0) is 8.04. The van der Waals surface area contributed by atoms with Gasteiger partial charge < -0.3 is 0 Å². The Balaban J connectivity index is 3.65. The zero-order valence-electron chi connectivity index (χ0n) is 6.16. The quantitative estimate of drug-likeness (QED) is 0.606. The smallest absolute Gasteiger partial charge is 0.248 e. The summed E-state index contributed by atoms with van der Waals surface area (Å²) >= 11 is 0. The molecule has 0 fully saturated rings. The molecular weight excluding hydrogens is 156 g/mol. The second-order valence-electron chi connectivity index (χ2n) is 1.64. The van der Waals surface area contributed by atoms with Gasteiger partial charge in [0.1, 0.15) is 0 Å². The maximum atomic E-state index is 10.5. The molecule has 10 heavy (non-hydrogen) atoms. The molecule has 0 unspecified atom stereocenters. The van der Waals surface area contributed by atoms with E-state index in [9.17, 15) is 8.42 Å². The van der Waals surface area contributed by atoms with E-state index >= 15 is 0 Å². The first-order chi connectivity index (χ1) is 4.62. The Morgan fingerprint density at radius 2 is 1.80 bits per heavy atom. The number of hydrogen-bond acceptors (Lipinski definition) is 4. The maximum absolute atomic E-state index is 10.5. The highest BCUT2D eigenvalue weighted by Crippen LogP contribution is 1.95. The van der Waals surface area contributed by atoms with E-state index in [1.165, 1.54) is 0 Å². The van der Waals surface area contributed by atoms with Crippen LogP contribution in [-0.2, 0) is 18.8 Å². The third-order valence-electron chi connectivity index (χ3n) is 0.694. The van der Waals surface area contributed by atoms with Crippen LogP contribution in [0.4, 0.5) is 0 Å². The average molecular weight is 168 g/mol. The van der Waals surface area contributed by atoms with Gasteiger partial charge in [0.05, 0.1) is 13.2 Å². The summed E-state index contributed by atoms with van der Waals surface area (Å²) in [7, 11) is -3.69. The third-order valence-corrected chi connectivity index (χ3v) is 1.67.